The van der Waals surface area contributed by atoms with Crippen LogP contribution in [0.1, 0.15) is 49.5 Å². The van der Waals surface area contributed by atoms with E-state index < -0.39 is 10.0 Å². The molecule has 1 unspecified atom stereocenters. The van der Waals surface area contributed by atoms with Crippen LogP contribution in [0.2, 0.25) is 0 Å². The number of amides is 1. The molecule has 0 heterocycles. The first-order chi connectivity index (χ1) is 11.7. The molecule has 0 saturated carbocycles. The van der Waals surface area contributed by atoms with Crippen LogP contribution < -0.4 is 10.0 Å². The van der Waals surface area contributed by atoms with Gasteiger partial charge in [0, 0.05) is 25.3 Å². The molecule has 0 saturated heterocycles. The summed E-state index contributed by atoms with van der Waals surface area (Å²) < 4.78 is 31.9. The summed E-state index contributed by atoms with van der Waals surface area (Å²) in [4.78, 5) is 12.6. The number of nitrogens with one attached hydrogen (secondary N) is 2. The molecule has 1 atom stereocenters. The molecule has 25 heavy (non-hydrogen) atoms. The van der Waals surface area contributed by atoms with E-state index in [1.807, 2.05) is 6.92 Å². The van der Waals surface area contributed by atoms with Gasteiger partial charge in [0.2, 0.25) is 10.0 Å². The highest BCUT2D eigenvalue weighted by Gasteiger charge is 2.18. The molecule has 1 amide bonds. The Balaban J connectivity index is 2.88. The van der Waals surface area contributed by atoms with Gasteiger partial charge in [0.15, 0.2) is 0 Å². The van der Waals surface area contributed by atoms with E-state index in [0.717, 1.165) is 18.4 Å². The predicted molar refractivity (Wildman–Crippen MR) is 99.2 cm³/mol. The molecule has 0 aliphatic rings. The topological polar surface area (TPSA) is 84.5 Å². The fraction of sp³-hybridized carbons (Fsp3) is 0.611. The van der Waals surface area contributed by atoms with Crippen LogP contribution in [0.3, 0.4) is 0 Å². The molecule has 142 valence electrons. The van der Waals surface area contributed by atoms with Gasteiger partial charge < -0.3 is 10.1 Å². The Morgan fingerprint density at radius 2 is 1.88 bits per heavy atom. The number of ether oxygens (including phenoxy) is 1. The van der Waals surface area contributed by atoms with E-state index in [9.17, 15) is 13.2 Å². The van der Waals surface area contributed by atoms with Gasteiger partial charge in [-0.25, -0.2) is 13.1 Å². The Hall–Kier alpha value is -1.44. The van der Waals surface area contributed by atoms with Crippen molar-refractivity contribution in [2.24, 2.45) is 5.92 Å². The number of methoxy groups -OCH3 is 1. The van der Waals surface area contributed by atoms with E-state index >= 15 is 0 Å². The molecule has 1 aromatic rings. The molecule has 0 aliphatic heterocycles. The summed E-state index contributed by atoms with van der Waals surface area (Å²) in [6, 6.07) is 4.62. The summed E-state index contributed by atoms with van der Waals surface area (Å²) in [6.07, 6.45) is 1.91. The summed E-state index contributed by atoms with van der Waals surface area (Å²) in [6.45, 7) is 8.50. The lowest BCUT2D eigenvalue weighted by Crippen LogP contribution is -2.33. The van der Waals surface area contributed by atoms with Crippen molar-refractivity contribution in [1.29, 1.82) is 0 Å². The Kier molecular flexibility index (Phi) is 8.55. The third-order valence-corrected chi connectivity index (χ3v) is 5.38. The van der Waals surface area contributed by atoms with E-state index in [1.165, 1.54) is 19.2 Å². The van der Waals surface area contributed by atoms with Crippen molar-refractivity contribution in [2.45, 2.75) is 51.5 Å². The van der Waals surface area contributed by atoms with Crippen LogP contribution in [0.25, 0.3) is 0 Å². The standard InChI is InChI=1S/C18H30N2O4S/c1-13(2)6-8-15(4)20-18(21)17-12-16(9-7-14(17)3)25(22,23)19-10-11-24-5/h7,9,12-13,15,19H,6,8,10-11H2,1-5H3,(H,20,21). The summed E-state index contributed by atoms with van der Waals surface area (Å²) in [7, 11) is -2.16. The molecule has 2 N–H and O–H groups in total. The third-order valence-electron chi connectivity index (χ3n) is 3.92. The van der Waals surface area contributed by atoms with E-state index in [4.69, 9.17) is 4.74 Å². The second-order valence-corrected chi connectivity index (χ2v) is 8.48. The number of carbonyl (C=O) groups excluding carboxylic acids is 1. The highest BCUT2D eigenvalue weighted by Crippen LogP contribution is 2.16. The molecule has 0 radical (unpaired) electrons. The van der Waals surface area contributed by atoms with Gasteiger partial charge in [-0.3, -0.25) is 4.79 Å². The second-order valence-electron chi connectivity index (χ2n) is 6.71. The maximum atomic E-state index is 12.5. The van der Waals surface area contributed by atoms with Crippen LogP contribution in [0.5, 0.6) is 0 Å². The first kappa shape index (κ1) is 21.6. The zero-order chi connectivity index (χ0) is 19.0. The Morgan fingerprint density at radius 3 is 2.48 bits per heavy atom. The quantitative estimate of drug-likeness (QED) is 0.620. The van der Waals surface area contributed by atoms with E-state index in [2.05, 4.69) is 23.9 Å². The number of hydrogen-bond donors (Lipinski definition) is 2. The lowest BCUT2D eigenvalue weighted by molar-refractivity contribution is 0.0936. The van der Waals surface area contributed by atoms with Gasteiger partial charge in [-0.15, -0.1) is 0 Å². The fourth-order valence-electron chi connectivity index (χ4n) is 2.33. The van der Waals surface area contributed by atoms with Crippen molar-refractivity contribution >= 4 is 15.9 Å². The minimum atomic E-state index is -3.67. The van der Waals surface area contributed by atoms with E-state index in [1.54, 1.807) is 13.0 Å². The second kappa shape index (κ2) is 9.89. The van der Waals surface area contributed by atoms with E-state index in [-0.39, 0.29) is 30.0 Å². The maximum Gasteiger partial charge on any atom is 0.251 e. The molecule has 0 fully saturated rings. The van der Waals surface area contributed by atoms with Gasteiger partial charge in [0.05, 0.1) is 11.5 Å². The molecule has 0 aromatic heterocycles. The molecular formula is C18H30N2O4S. The summed E-state index contributed by atoms with van der Waals surface area (Å²) in [5.41, 5.74) is 1.12. The van der Waals surface area contributed by atoms with Gasteiger partial charge in [0.1, 0.15) is 0 Å². The van der Waals surface area contributed by atoms with Gasteiger partial charge in [-0.1, -0.05) is 19.9 Å². The molecule has 6 nitrogen and oxygen atoms in total. The molecule has 0 bridgehead atoms. The Morgan fingerprint density at radius 1 is 1.20 bits per heavy atom. The van der Waals surface area contributed by atoms with Crippen molar-refractivity contribution in [1.82, 2.24) is 10.0 Å². The lowest BCUT2D eigenvalue weighted by Gasteiger charge is -2.16. The first-order valence-corrected chi connectivity index (χ1v) is 10.1. The van der Waals surface area contributed by atoms with Crippen LogP contribution in [0.15, 0.2) is 23.1 Å². The van der Waals surface area contributed by atoms with Crippen LogP contribution in [0.4, 0.5) is 0 Å². The van der Waals surface area contributed by atoms with Gasteiger partial charge >= 0.3 is 0 Å². The van der Waals surface area contributed by atoms with Crippen molar-refractivity contribution in [3.63, 3.8) is 0 Å². The van der Waals surface area contributed by atoms with Crippen molar-refractivity contribution in [2.75, 3.05) is 20.3 Å². The zero-order valence-corrected chi connectivity index (χ0v) is 16.6. The number of hydrogen-bond acceptors (Lipinski definition) is 4. The van der Waals surface area contributed by atoms with Crippen molar-refractivity contribution in [3.05, 3.63) is 29.3 Å². The third kappa shape index (κ3) is 7.13. The Labute approximate surface area is 151 Å². The number of carbonyl (C=O) groups is 1. The first-order valence-electron chi connectivity index (χ1n) is 8.57. The van der Waals surface area contributed by atoms with Gasteiger partial charge in [0.25, 0.3) is 5.91 Å². The molecule has 1 aromatic carbocycles. The average molecular weight is 371 g/mol. The van der Waals surface area contributed by atoms with Crippen LogP contribution in [-0.4, -0.2) is 40.6 Å². The molecule has 7 heteroatoms. The van der Waals surface area contributed by atoms with Crippen molar-refractivity contribution < 1.29 is 17.9 Å². The average Bonchev–Trinajstić information content (AvgIpc) is 2.53. The summed E-state index contributed by atoms with van der Waals surface area (Å²) >= 11 is 0. The van der Waals surface area contributed by atoms with Gasteiger partial charge in [-0.05, 0) is 50.3 Å². The zero-order valence-electron chi connectivity index (χ0n) is 15.8. The number of aryl methyl sites for hydroxylation is 1. The monoisotopic (exact) mass is 370 g/mol. The highest BCUT2D eigenvalue weighted by molar-refractivity contribution is 7.89. The molecule has 0 aliphatic carbocycles. The maximum absolute atomic E-state index is 12.5. The van der Waals surface area contributed by atoms with Crippen LogP contribution >= 0.6 is 0 Å². The van der Waals surface area contributed by atoms with Crippen LogP contribution in [-0.2, 0) is 14.8 Å². The number of benzene rings is 1. The Bertz CT molecular complexity index is 672. The molecule has 0 spiro atoms. The largest absolute Gasteiger partial charge is 0.383 e. The molecular weight excluding hydrogens is 340 g/mol. The minimum absolute atomic E-state index is 0.0365. The number of sulfonamides is 1. The molecule has 1 rings (SSSR count). The smallest absolute Gasteiger partial charge is 0.251 e. The summed E-state index contributed by atoms with van der Waals surface area (Å²) in [5, 5.41) is 2.95. The summed E-state index contributed by atoms with van der Waals surface area (Å²) in [5.74, 6) is 0.329. The highest BCUT2D eigenvalue weighted by atomic mass is 32.2. The van der Waals surface area contributed by atoms with Crippen LogP contribution in [0, 0.1) is 12.8 Å². The number of rotatable bonds is 10. The van der Waals surface area contributed by atoms with Crippen molar-refractivity contribution in [3.8, 4) is 0 Å². The lowest BCUT2D eigenvalue weighted by atomic mass is 10.0. The normalized spacial score (nSPS) is 13.0. The minimum Gasteiger partial charge on any atom is -0.383 e. The van der Waals surface area contributed by atoms with Gasteiger partial charge in [-0.2, -0.15) is 0 Å². The predicted octanol–water partition coefficient (Wildman–Crippen LogP) is 2.47. The fourth-order valence-corrected chi connectivity index (χ4v) is 3.37. The van der Waals surface area contributed by atoms with E-state index in [0.29, 0.717) is 11.5 Å². The SMILES string of the molecule is COCCNS(=O)(=O)c1ccc(C)c(C(=O)NC(C)CCC(C)C)c1.